The standard InChI is InChI=1S/C17H25FN4O2/c1-21(10-12-4-2-6-15(12)23)17(24)20-13-7-9-22(11-13)16-14(18)5-3-8-19-16/h3,5,8,12-13,15,23H,2,4,6-7,9-11H2,1H3,(H,20,24). The third kappa shape index (κ3) is 3.77. The summed E-state index contributed by atoms with van der Waals surface area (Å²) in [4.78, 5) is 19.9. The zero-order chi connectivity index (χ0) is 17.1. The molecule has 3 unspecified atom stereocenters. The number of aliphatic hydroxyl groups excluding tert-OH is 1. The van der Waals surface area contributed by atoms with Crippen LogP contribution in [0.3, 0.4) is 0 Å². The van der Waals surface area contributed by atoms with Gasteiger partial charge in [0.15, 0.2) is 11.6 Å². The highest BCUT2D eigenvalue weighted by molar-refractivity contribution is 5.74. The van der Waals surface area contributed by atoms with Crippen LogP contribution in [-0.2, 0) is 0 Å². The van der Waals surface area contributed by atoms with Crippen LogP contribution < -0.4 is 10.2 Å². The van der Waals surface area contributed by atoms with Gasteiger partial charge in [-0.25, -0.2) is 14.2 Å². The van der Waals surface area contributed by atoms with Crippen LogP contribution in [0.1, 0.15) is 25.7 Å². The molecule has 1 aliphatic heterocycles. The fraction of sp³-hybridized carbons (Fsp3) is 0.647. The minimum absolute atomic E-state index is 0.0187. The number of hydrogen-bond acceptors (Lipinski definition) is 4. The molecule has 1 aliphatic carbocycles. The molecule has 1 saturated carbocycles. The molecule has 3 rings (SSSR count). The van der Waals surface area contributed by atoms with Crippen molar-refractivity contribution in [2.75, 3.05) is 31.6 Å². The fourth-order valence-electron chi connectivity index (χ4n) is 3.63. The van der Waals surface area contributed by atoms with E-state index in [4.69, 9.17) is 0 Å². The van der Waals surface area contributed by atoms with Crippen LogP contribution in [0.25, 0.3) is 0 Å². The number of halogens is 1. The maximum absolute atomic E-state index is 13.8. The van der Waals surface area contributed by atoms with Crippen LogP contribution in [0.2, 0.25) is 0 Å². The second-order valence-corrected chi connectivity index (χ2v) is 6.83. The number of carbonyl (C=O) groups excluding carboxylic acids is 1. The largest absolute Gasteiger partial charge is 0.393 e. The summed E-state index contributed by atoms with van der Waals surface area (Å²) in [6, 6.07) is 2.81. The van der Waals surface area contributed by atoms with E-state index in [1.165, 1.54) is 6.07 Å². The lowest BCUT2D eigenvalue weighted by atomic mass is 10.1. The molecule has 2 heterocycles. The minimum atomic E-state index is -0.336. The van der Waals surface area contributed by atoms with Crippen molar-refractivity contribution in [1.29, 1.82) is 0 Å². The molecule has 2 fully saturated rings. The summed E-state index contributed by atoms with van der Waals surface area (Å²) < 4.78 is 13.8. The van der Waals surface area contributed by atoms with Crippen molar-refractivity contribution in [2.45, 2.75) is 37.8 Å². The first kappa shape index (κ1) is 17.0. The summed E-state index contributed by atoms with van der Waals surface area (Å²) in [5, 5.41) is 12.9. The number of anilines is 1. The monoisotopic (exact) mass is 336 g/mol. The zero-order valence-corrected chi connectivity index (χ0v) is 14.0. The minimum Gasteiger partial charge on any atom is -0.393 e. The van der Waals surface area contributed by atoms with Gasteiger partial charge in [0.05, 0.1) is 6.10 Å². The van der Waals surface area contributed by atoms with E-state index in [-0.39, 0.29) is 29.9 Å². The highest BCUT2D eigenvalue weighted by Gasteiger charge is 2.30. The molecule has 6 nitrogen and oxygen atoms in total. The number of nitrogens with zero attached hydrogens (tertiary/aromatic N) is 3. The maximum atomic E-state index is 13.8. The predicted octanol–water partition coefficient (Wildman–Crippen LogP) is 1.60. The van der Waals surface area contributed by atoms with Crippen molar-refractivity contribution in [2.24, 2.45) is 5.92 Å². The first-order valence-corrected chi connectivity index (χ1v) is 8.59. The number of hydrogen-bond donors (Lipinski definition) is 2. The van der Waals surface area contributed by atoms with Gasteiger partial charge in [0.25, 0.3) is 0 Å². The molecule has 2 aliphatic rings. The first-order chi connectivity index (χ1) is 11.5. The Labute approximate surface area is 141 Å². The van der Waals surface area contributed by atoms with Crippen molar-refractivity contribution in [3.63, 3.8) is 0 Å². The molecule has 1 aromatic heterocycles. The predicted molar refractivity (Wildman–Crippen MR) is 89.3 cm³/mol. The molecule has 0 bridgehead atoms. The van der Waals surface area contributed by atoms with Gasteiger partial charge < -0.3 is 20.2 Å². The van der Waals surface area contributed by atoms with Crippen LogP contribution in [0, 0.1) is 11.7 Å². The van der Waals surface area contributed by atoms with Crippen molar-refractivity contribution >= 4 is 11.8 Å². The van der Waals surface area contributed by atoms with Gasteiger partial charge >= 0.3 is 6.03 Å². The van der Waals surface area contributed by atoms with E-state index in [9.17, 15) is 14.3 Å². The Morgan fingerprint density at radius 2 is 2.33 bits per heavy atom. The second-order valence-electron chi connectivity index (χ2n) is 6.83. The average molecular weight is 336 g/mol. The molecule has 1 saturated heterocycles. The van der Waals surface area contributed by atoms with Crippen molar-refractivity contribution in [1.82, 2.24) is 15.2 Å². The van der Waals surface area contributed by atoms with E-state index in [0.29, 0.717) is 25.5 Å². The highest BCUT2D eigenvalue weighted by Crippen LogP contribution is 2.26. The molecule has 0 spiro atoms. The maximum Gasteiger partial charge on any atom is 0.317 e. The van der Waals surface area contributed by atoms with Gasteiger partial charge in [0.2, 0.25) is 0 Å². The highest BCUT2D eigenvalue weighted by atomic mass is 19.1. The quantitative estimate of drug-likeness (QED) is 0.876. The van der Waals surface area contributed by atoms with Gasteiger partial charge in [0.1, 0.15) is 0 Å². The lowest BCUT2D eigenvalue weighted by Crippen LogP contribution is -2.46. The number of urea groups is 1. The van der Waals surface area contributed by atoms with E-state index in [1.807, 2.05) is 4.90 Å². The van der Waals surface area contributed by atoms with Gasteiger partial charge in [-0.3, -0.25) is 0 Å². The Morgan fingerprint density at radius 3 is 3.04 bits per heavy atom. The lowest BCUT2D eigenvalue weighted by molar-refractivity contribution is 0.113. The molecule has 7 heteroatoms. The van der Waals surface area contributed by atoms with E-state index < -0.39 is 0 Å². The molecular weight excluding hydrogens is 311 g/mol. The van der Waals surface area contributed by atoms with Gasteiger partial charge in [-0.05, 0) is 31.4 Å². The summed E-state index contributed by atoms with van der Waals surface area (Å²) in [7, 11) is 1.76. The smallest absolute Gasteiger partial charge is 0.317 e. The van der Waals surface area contributed by atoms with Crippen molar-refractivity contribution < 1.29 is 14.3 Å². The van der Waals surface area contributed by atoms with Gasteiger partial charge in [0, 0.05) is 44.8 Å². The molecular formula is C17H25FN4O2. The molecule has 0 aromatic carbocycles. The molecule has 132 valence electrons. The van der Waals surface area contributed by atoms with E-state index in [1.54, 1.807) is 24.2 Å². The second kappa shape index (κ2) is 7.34. The summed E-state index contributed by atoms with van der Waals surface area (Å²) >= 11 is 0. The van der Waals surface area contributed by atoms with Crippen LogP contribution in [0.5, 0.6) is 0 Å². The normalized spacial score (nSPS) is 26.6. The number of nitrogens with one attached hydrogen (secondary N) is 1. The Hall–Kier alpha value is -1.89. The molecule has 2 N–H and O–H groups in total. The third-order valence-electron chi connectivity index (χ3n) is 5.03. The number of amides is 2. The molecule has 3 atom stereocenters. The van der Waals surface area contributed by atoms with Crippen LogP contribution in [0.4, 0.5) is 15.0 Å². The summed E-state index contributed by atoms with van der Waals surface area (Å²) in [6.07, 6.45) is 4.86. The van der Waals surface area contributed by atoms with Gasteiger partial charge in [-0.15, -0.1) is 0 Å². The van der Waals surface area contributed by atoms with Crippen molar-refractivity contribution in [3.05, 3.63) is 24.1 Å². The summed E-state index contributed by atoms with van der Waals surface area (Å²) in [6.45, 7) is 1.79. The Morgan fingerprint density at radius 1 is 1.50 bits per heavy atom. The topological polar surface area (TPSA) is 68.7 Å². The summed E-state index contributed by atoms with van der Waals surface area (Å²) in [5.74, 6) is 0.178. The number of pyridine rings is 1. The Kier molecular flexibility index (Phi) is 5.18. The van der Waals surface area contributed by atoms with E-state index >= 15 is 0 Å². The van der Waals surface area contributed by atoms with Gasteiger partial charge in [-0.2, -0.15) is 0 Å². The molecule has 1 aromatic rings. The zero-order valence-electron chi connectivity index (χ0n) is 14.0. The molecule has 2 amide bonds. The molecule has 0 radical (unpaired) electrons. The molecule has 24 heavy (non-hydrogen) atoms. The third-order valence-corrected chi connectivity index (χ3v) is 5.03. The summed E-state index contributed by atoms with van der Waals surface area (Å²) in [5.41, 5.74) is 0. The SMILES string of the molecule is CN(CC1CCCC1O)C(=O)NC1CCN(c2ncccc2F)C1. The van der Waals surface area contributed by atoms with E-state index in [0.717, 1.165) is 25.7 Å². The fourth-order valence-corrected chi connectivity index (χ4v) is 3.63. The van der Waals surface area contributed by atoms with E-state index in [2.05, 4.69) is 10.3 Å². The van der Waals surface area contributed by atoms with Crippen LogP contribution in [0.15, 0.2) is 18.3 Å². The van der Waals surface area contributed by atoms with Crippen molar-refractivity contribution in [3.8, 4) is 0 Å². The first-order valence-electron chi connectivity index (χ1n) is 8.59. The number of aliphatic hydroxyl groups is 1. The average Bonchev–Trinajstić information content (AvgIpc) is 3.17. The van der Waals surface area contributed by atoms with Crippen LogP contribution in [-0.4, -0.2) is 59.8 Å². The Bertz CT molecular complexity index is 585. The van der Waals surface area contributed by atoms with Crippen LogP contribution >= 0.6 is 0 Å². The van der Waals surface area contributed by atoms with Gasteiger partial charge in [-0.1, -0.05) is 6.42 Å². The lowest BCUT2D eigenvalue weighted by Gasteiger charge is -2.25. The number of aromatic nitrogens is 1. The number of carbonyl (C=O) groups is 1. The Balaban J connectivity index is 1.50. The number of rotatable bonds is 4.